The third kappa shape index (κ3) is 1.10. The molecule has 0 aliphatic carbocycles. The summed E-state index contributed by atoms with van der Waals surface area (Å²) in [5.74, 6) is 0. The summed E-state index contributed by atoms with van der Waals surface area (Å²) in [6.07, 6.45) is 0. The molecule has 2 N–H and O–H groups in total. The van der Waals surface area contributed by atoms with Gasteiger partial charge in [-0.15, -0.1) is 0 Å². The maximum atomic E-state index is 6.18. The Hall–Kier alpha value is -2.55. The molecule has 3 nitrogen and oxygen atoms in total. The first-order chi connectivity index (χ1) is 8.84. The van der Waals surface area contributed by atoms with Crippen molar-refractivity contribution in [2.45, 2.75) is 0 Å². The molecule has 0 bridgehead atoms. The van der Waals surface area contributed by atoms with Gasteiger partial charge < -0.3 is 10.2 Å². The Morgan fingerprint density at radius 3 is 2.50 bits per heavy atom. The molecule has 0 unspecified atom stereocenters. The van der Waals surface area contributed by atoms with E-state index in [2.05, 4.69) is 4.98 Å². The molecule has 0 aliphatic rings. The molecular weight excluding hydrogens is 224 g/mol. The lowest BCUT2D eigenvalue weighted by Gasteiger charge is -2.01. The number of aromatic nitrogens is 1. The second-order valence-corrected chi connectivity index (χ2v) is 4.32. The summed E-state index contributed by atoms with van der Waals surface area (Å²) < 4.78 is 5.80. The Kier molecular flexibility index (Phi) is 1.70. The SMILES string of the molecule is Nc1c2ccccc2nc2c1oc1ccccc12. The van der Waals surface area contributed by atoms with Crippen LogP contribution in [0, 0.1) is 0 Å². The van der Waals surface area contributed by atoms with Gasteiger partial charge in [0.05, 0.1) is 11.2 Å². The van der Waals surface area contributed by atoms with Crippen molar-refractivity contribution in [3.05, 3.63) is 48.5 Å². The first-order valence-electron chi connectivity index (χ1n) is 5.80. The van der Waals surface area contributed by atoms with Crippen LogP contribution in [0.2, 0.25) is 0 Å². The zero-order chi connectivity index (χ0) is 12.1. The number of benzene rings is 2. The van der Waals surface area contributed by atoms with Gasteiger partial charge in [0.25, 0.3) is 0 Å². The third-order valence-corrected chi connectivity index (χ3v) is 3.24. The van der Waals surface area contributed by atoms with Crippen LogP contribution in [0.5, 0.6) is 0 Å². The highest BCUT2D eigenvalue weighted by Crippen LogP contribution is 2.34. The third-order valence-electron chi connectivity index (χ3n) is 3.24. The predicted molar refractivity (Wildman–Crippen MR) is 73.4 cm³/mol. The maximum absolute atomic E-state index is 6.18. The van der Waals surface area contributed by atoms with Crippen molar-refractivity contribution in [1.82, 2.24) is 4.98 Å². The van der Waals surface area contributed by atoms with Gasteiger partial charge in [0.2, 0.25) is 0 Å². The van der Waals surface area contributed by atoms with Gasteiger partial charge in [0.1, 0.15) is 11.1 Å². The summed E-state index contributed by atoms with van der Waals surface area (Å²) in [4.78, 5) is 4.65. The first-order valence-corrected chi connectivity index (χ1v) is 5.80. The minimum absolute atomic E-state index is 0.659. The number of pyridine rings is 1. The van der Waals surface area contributed by atoms with E-state index in [1.54, 1.807) is 0 Å². The molecule has 0 saturated heterocycles. The zero-order valence-electron chi connectivity index (χ0n) is 9.55. The molecule has 86 valence electrons. The fourth-order valence-corrected chi connectivity index (χ4v) is 2.37. The molecule has 0 radical (unpaired) electrons. The van der Waals surface area contributed by atoms with Crippen molar-refractivity contribution in [3.8, 4) is 0 Å². The number of fused-ring (bicyclic) bond motifs is 4. The van der Waals surface area contributed by atoms with E-state index in [0.29, 0.717) is 11.3 Å². The summed E-state index contributed by atoms with van der Waals surface area (Å²) in [5, 5.41) is 1.94. The number of nitrogens with zero attached hydrogens (tertiary/aromatic N) is 1. The van der Waals surface area contributed by atoms with Crippen LogP contribution in [0.25, 0.3) is 33.0 Å². The topological polar surface area (TPSA) is 52.0 Å². The fourth-order valence-electron chi connectivity index (χ4n) is 2.37. The summed E-state index contributed by atoms with van der Waals surface area (Å²) in [7, 11) is 0. The highest BCUT2D eigenvalue weighted by molar-refractivity contribution is 6.12. The van der Waals surface area contributed by atoms with Crippen LogP contribution in [-0.4, -0.2) is 4.98 Å². The Morgan fingerprint density at radius 1 is 0.889 bits per heavy atom. The summed E-state index contributed by atoms with van der Waals surface area (Å²) >= 11 is 0. The fraction of sp³-hybridized carbons (Fsp3) is 0. The molecule has 18 heavy (non-hydrogen) atoms. The van der Waals surface area contributed by atoms with Crippen LogP contribution in [-0.2, 0) is 0 Å². The van der Waals surface area contributed by atoms with Crippen LogP contribution in [0.4, 0.5) is 5.69 Å². The molecule has 2 aromatic heterocycles. The Bertz CT molecular complexity index is 893. The Balaban J connectivity index is 2.33. The largest absolute Gasteiger partial charge is 0.452 e. The van der Waals surface area contributed by atoms with Gasteiger partial charge in [-0.2, -0.15) is 0 Å². The molecule has 4 aromatic rings. The molecule has 0 fully saturated rings. The van der Waals surface area contributed by atoms with Gasteiger partial charge >= 0.3 is 0 Å². The molecule has 2 aromatic carbocycles. The van der Waals surface area contributed by atoms with Crippen molar-refractivity contribution in [1.29, 1.82) is 0 Å². The van der Waals surface area contributed by atoms with Gasteiger partial charge in [-0.1, -0.05) is 30.3 Å². The monoisotopic (exact) mass is 234 g/mol. The van der Waals surface area contributed by atoms with E-state index in [-0.39, 0.29) is 0 Å². The van der Waals surface area contributed by atoms with E-state index < -0.39 is 0 Å². The number of rotatable bonds is 0. The van der Waals surface area contributed by atoms with E-state index in [1.165, 1.54) is 0 Å². The van der Waals surface area contributed by atoms with E-state index in [9.17, 15) is 0 Å². The minimum atomic E-state index is 0.659. The van der Waals surface area contributed by atoms with Crippen molar-refractivity contribution < 1.29 is 4.42 Å². The van der Waals surface area contributed by atoms with E-state index in [0.717, 1.165) is 27.4 Å². The van der Waals surface area contributed by atoms with Crippen molar-refractivity contribution in [2.24, 2.45) is 0 Å². The highest BCUT2D eigenvalue weighted by Gasteiger charge is 2.13. The molecule has 0 aliphatic heterocycles. The molecule has 0 spiro atoms. The summed E-state index contributed by atoms with van der Waals surface area (Å²) in [6.45, 7) is 0. The average molecular weight is 234 g/mol. The molecule has 2 heterocycles. The van der Waals surface area contributed by atoms with Gasteiger partial charge in [-0.05, 0) is 18.2 Å². The number of nitrogens with two attached hydrogens (primary N) is 1. The van der Waals surface area contributed by atoms with E-state index in [4.69, 9.17) is 10.2 Å². The van der Waals surface area contributed by atoms with Crippen molar-refractivity contribution >= 4 is 38.7 Å². The predicted octanol–water partition coefficient (Wildman–Crippen LogP) is 3.72. The molecule has 3 heteroatoms. The summed E-state index contributed by atoms with van der Waals surface area (Å²) in [5.41, 5.74) is 10.1. The van der Waals surface area contributed by atoms with Crippen LogP contribution >= 0.6 is 0 Å². The lowest BCUT2D eigenvalue weighted by Crippen LogP contribution is -1.90. The molecule has 4 rings (SSSR count). The van der Waals surface area contributed by atoms with Crippen molar-refractivity contribution in [3.63, 3.8) is 0 Å². The highest BCUT2D eigenvalue weighted by atomic mass is 16.3. The van der Waals surface area contributed by atoms with Crippen LogP contribution in [0.3, 0.4) is 0 Å². The van der Waals surface area contributed by atoms with Crippen LogP contribution in [0.15, 0.2) is 52.9 Å². The van der Waals surface area contributed by atoms with Crippen molar-refractivity contribution in [2.75, 3.05) is 5.73 Å². The summed E-state index contributed by atoms with van der Waals surface area (Å²) in [6, 6.07) is 15.7. The average Bonchev–Trinajstić information content (AvgIpc) is 2.79. The molecule has 0 amide bonds. The van der Waals surface area contributed by atoms with Crippen LogP contribution in [0.1, 0.15) is 0 Å². The van der Waals surface area contributed by atoms with E-state index >= 15 is 0 Å². The number of para-hydroxylation sites is 2. The van der Waals surface area contributed by atoms with Crippen LogP contribution < -0.4 is 5.73 Å². The lowest BCUT2D eigenvalue weighted by molar-refractivity contribution is 0.670. The molecule has 0 saturated carbocycles. The van der Waals surface area contributed by atoms with Gasteiger partial charge in [0.15, 0.2) is 5.58 Å². The maximum Gasteiger partial charge on any atom is 0.177 e. The standard InChI is InChI=1S/C15H10N2O/c16-13-9-5-1-3-7-11(9)17-14-10-6-2-4-8-12(10)18-15(13)14/h1-8H,(H2,16,17). The number of hydrogen-bond acceptors (Lipinski definition) is 3. The second-order valence-electron chi connectivity index (χ2n) is 4.32. The van der Waals surface area contributed by atoms with Gasteiger partial charge in [0, 0.05) is 10.8 Å². The quantitative estimate of drug-likeness (QED) is 0.504. The van der Waals surface area contributed by atoms with Gasteiger partial charge in [-0.25, -0.2) is 4.98 Å². The number of furan rings is 1. The number of anilines is 1. The Morgan fingerprint density at radius 2 is 1.61 bits per heavy atom. The first kappa shape index (κ1) is 9.48. The molecule has 0 atom stereocenters. The zero-order valence-corrected chi connectivity index (χ0v) is 9.55. The van der Waals surface area contributed by atoms with E-state index in [1.807, 2.05) is 48.5 Å². The number of nitrogen functional groups attached to an aromatic ring is 1. The smallest absolute Gasteiger partial charge is 0.177 e. The normalized spacial score (nSPS) is 11.6. The second kappa shape index (κ2) is 3.23. The number of hydrogen-bond donors (Lipinski definition) is 1. The van der Waals surface area contributed by atoms with Gasteiger partial charge in [-0.3, -0.25) is 0 Å². The Labute approximate surface area is 103 Å². The lowest BCUT2D eigenvalue weighted by atomic mass is 10.1. The molecular formula is C15H10N2O. The minimum Gasteiger partial charge on any atom is -0.452 e.